The summed E-state index contributed by atoms with van der Waals surface area (Å²) in [6.07, 6.45) is 0. The molecule has 14 heavy (non-hydrogen) atoms. The van der Waals surface area contributed by atoms with Crippen molar-refractivity contribution < 1.29 is 4.42 Å². The van der Waals surface area contributed by atoms with Gasteiger partial charge in [0, 0.05) is 11.4 Å². The Labute approximate surface area is 100 Å². The molecule has 0 aliphatic heterocycles. The molecule has 0 aromatic carbocycles. The van der Waals surface area contributed by atoms with Gasteiger partial charge in [0.15, 0.2) is 3.77 Å². The first kappa shape index (κ1) is 10.2. The highest BCUT2D eigenvalue weighted by molar-refractivity contribution is 14.1. The Bertz CT molecular complexity index is 382. The summed E-state index contributed by atoms with van der Waals surface area (Å²) in [4.78, 5) is 1.35. The minimum atomic E-state index is 0.793. The zero-order chi connectivity index (χ0) is 9.80. The SMILES string of the molecule is Ic1ccc(CNCc2cccs2)o1. The van der Waals surface area contributed by atoms with Crippen LogP contribution in [-0.2, 0) is 13.1 Å². The number of furan rings is 1. The van der Waals surface area contributed by atoms with Gasteiger partial charge >= 0.3 is 0 Å². The van der Waals surface area contributed by atoms with Gasteiger partial charge in [0.1, 0.15) is 5.76 Å². The van der Waals surface area contributed by atoms with E-state index in [1.165, 1.54) is 4.88 Å². The molecule has 0 atom stereocenters. The summed E-state index contributed by atoms with van der Waals surface area (Å²) in [6.45, 7) is 1.70. The van der Waals surface area contributed by atoms with Crippen LogP contribution in [-0.4, -0.2) is 0 Å². The van der Waals surface area contributed by atoms with Crippen molar-refractivity contribution in [3.8, 4) is 0 Å². The van der Waals surface area contributed by atoms with Gasteiger partial charge in [-0.2, -0.15) is 0 Å². The Morgan fingerprint density at radius 2 is 2.21 bits per heavy atom. The van der Waals surface area contributed by atoms with Crippen molar-refractivity contribution in [3.63, 3.8) is 0 Å². The zero-order valence-electron chi connectivity index (χ0n) is 7.50. The van der Waals surface area contributed by atoms with Crippen molar-refractivity contribution in [3.05, 3.63) is 44.0 Å². The van der Waals surface area contributed by atoms with Crippen molar-refractivity contribution in [2.45, 2.75) is 13.1 Å². The molecule has 0 fully saturated rings. The molecule has 0 unspecified atom stereocenters. The van der Waals surface area contributed by atoms with Gasteiger partial charge in [-0.15, -0.1) is 11.3 Å². The fourth-order valence-corrected chi connectivity index (χ4v) is 2.31. The Kier molecular flexibility index (Phi) is 3.61. The molecular weight excluding hydrogens is 309 g/mol. The van der Waals surface area contributed by atoms with Crippen molar-refractivity contribution in [2.24, 2.45) is 0 Å². The molecule has 2 rings (SSSR count). The first-order chi connectivity index (χ1) is 6.84. The van der Waals surface area contributed by atoms with Gasteiger partial charge in [0.25, 0.3) is 0 Å². The lowest BCUT2D eigenvalue weighted by Gasteiger charge is -1.99. The maximum Gasteiger partial charge on any atom is 0.164 e. The third kappa shape index (κ3) is 2.83. The maximum absolute atomic E-state index is 5.43. The van der Waals surface area contributed by atoms with E-state index in [1.807, 2.05) is 12.1 Å². The summed E-state index contributed by atoms with van der Waals surface area (Å²) < 4.78 is 6.37. The smallest absolute Gasteiger partial charge is 0.164 e. The third-order valence-electron chi connectivity index (χ3n) is 1.81. The fourth-order valence-electron chi connectivity index (χ4n) is 1.17. The minimum Gasteiger partial charge on any atom is -0.454 e. The quantitative estimate of drug-likeness (QED) is 0.875. The molecule has 0 radical (unpaired) electrons. The molecule has 0 saturated carbocycles. The molecule has 2 heterocycles. The summed E-state index contributed by atoms with van der Waals surface area (Å²) in [5.74, 6) is 0.992. The predicted octanol–water partition coefficient (Wildman–Crippen LogP) is 3.24. The number of thiophene rings is 1. The molecule has 1 N–H and O–H groups in total. The highest BCUT2D eigenvalue weighted by atomic mass is 127. The molecule has 74 valence electrons. The maximum atomic E-state index is 5.43. The lowest BCUT2D eigenvalue weighted by molar-refractivity contribution is 0.463. The largest absolute Gasteiger partial charge is 0.454 e. The topological polar surface area (TPSA) is 25.2 Å². The van der Waals surface area contributed by atoms with Crippen LogP contribution in [0.5, 0.6) is 0 Å². The standard InChI is InChI=1S/C10H10INOS/c11-10-4-3-8(13-10)6-12-7-9-2-1-5-14-9/h1-5,12H,6-7H2. The van der Waals surface area contributed by atoms with Gasteiger partial charge in [-0.25, -0.2) is 0 Å². The summed E-state index contributed by atoms with van der Waals surface area (Å²) in [7, 11) is 0. The highest BCUT2D eigenvalue weighted by Crippen LogP contribution is 2.11. The van der Waals surface area contributed by atoms with Gasteiger partial charge in [-0.3, -0.25) is 0 Å². The van der Waals surface area contributed by atoms with Crippen molar-refractivity contribution in [2.75, 3.05) is 0 Å². The van der Waals surface area contributed by atoms with Gasteiger partial charge in [0.05, 0.1) is 6.54 Å². The van der Waals surface area contributed by atoms with E-state index in [1.54, 1.807) is 11.3 Å². The van der Waals surface area contributed by atoms with Crippen LogP contribution in [0.2, 0.25) is 0 Å². The summed E-state index contributed by atoms with van der Waals surface area (Å²) in [6, 6.07) is 8.17. The average Bonchev–Trinajstić information content (AvgIpc) is 2.77. The molecule has 0 saturated heterocycles. The zero-order valence-corrected chi connectivity index (χ0v) is 10.5. The average molecular weight is 319 g/mol. The van der Waals surface area contributed by atoms with Crippen LogP contribution >= 0.6 is 33.9 Å². The van der Waals surface area contributed by atoms with Gasteiger partial charge in [-0.1, -0.05) is 6.07 Å². The van der Waals surface area contributed by atoms with E-state index in [2.05, 4.69) is 45.4 Å². The molecular formula is C10H10INOS. The van der Waals surface area contributed by atoms with Gasteiger partial charge in [0.2, 0.25) is 0 Å². The van der Waals surface area contributed by atoms with E-state index in [0.29, 0.717) is 0 Å². The molecule has 2 aromatic heterocycles. The van der Waals surface area contributed by atoms with Gasteiger partial charge in [-0.05, 0) is 46.2 Å². The molecule has 0 bridgehead atoms. The van der Waals surface area contributed by atoms with E-state index >= 15 is 0 Å². The highest BCUT2D eigenvalue weighted by Gasteiger charge is 1.98. The van der Waals surface area contributed by atoms with Crippen LogP contribution in [0.25, 0.3) is 0 Å². The normalized spacial score (nSPS) is 10.6. The molecule has 0 amide bonds. The Morgan fingerprint density at radius 1 is 1.29 bits per heavy atom. The number of halogens is 1. The van der Waals surface area contributed by atoms with Crippen LogP contribution in [0.15, 0.2) is 34.1 Å². The number of nitrogens with one attached hydrogen (secondary N) is 1. The van der Waals surface area contributed by atoms with E-state index < -0.39 is 0 Å². The van der Waals surface area contributed by atoms with Crippen molar-refractivity contribution >= 4 is 33.9 Å². The van der Waals surface area contributed by atoms with Crippen LogP contribution in [0.1, 0.15) is 10.6 Å². The van der Waals surface area contributed by atoms with E-state index in [4.69, 9.17) is 4.42 Å². The molecule has 2 aromatic rings. The second-order valence-corrected chi connectivity index (χ2v) is 4.98. The first-order valence-corrected chi connectivity index (χ1v) is 6.28. The fraction of sp³-hybridized carbons (Fsp3) is 0.200. The Balaban J connectivity index is 1.78. The summed E-state index contributed by atoms with van der Waals surface area (Å²) in [5.41, 5.74) is 0. The minimum absolute atomic E-state index is 0.793. The number of rotatable bonds is 4. The van der Waals surface area contributed by atoms with Crippen LogP contribution in [0.3, 0.4) is 0 Å². The Hall–Kier alpha value is -0.330. The number of hydrogen-bond acceptors (Lipinski definition) is 3. The van der Waals surface area contributed by atoms with E-state index in [0.717, 1.165) is 22.6 Å². The second kappa shape index (κ2) is 4.95. The molecule has 4 heteroatoms. The Morgan fingerprint density at radius 3 is 2.86 bits per heavy atom. The van der Waals surface area contributed by atoms with Crippen LogP contribution in [0, 0.1) is 3.77 Å². The van der Waals surface area contributed by atoms with Crippen molar-refractivity contribution in [1.82, 2.24) is 5.32 Å². The lowest BCUT2D eigenvalue weighted by Crippen LogP contribution is -2.10. The molecule has 0 aliphatic rings. The first-order valence-electron chi connectivity index (χ1n) is 4.32. The molecule has 0 aliphatic carbocycles. The third-order valence-corrected chi connectivity index (χ3v) is 3.26. The predicted molar refractivity (Wildman–Crippen MR) is 66.3 cm³/mol. The lowest BCUT2D eigenvalue weighted by atomic mass is 10.4. The van der Waals surface area contributed by atoms with Crippen molar-refractivity contribution in [1.29, 1.82) is 0 Å². The number of hydrogen-bond donors (Lipinski definition) is 1. The summed E-state index contributed by atoms with van der Waals surface area (Å²) in [5, 5.41) is 5.42. The monoisotopic (exact) mass is 319 g/mol. The van der Waals surface area contributed by atoms with Gasteiger partial charge < -0.3 is 9.73 Å². The molecule has 2 nitrogen and oxygen atoms in total. The molecule has 0 spiro atoms. The summed E-state index contributed by atoms with van der Waals surface area (Å²) >= 11 is 3.94. The van der Waals surface area contributed by atoms with Crippen LogP contribution in [0.4, 0.5) is 0 Å². The van der Waals surface area contributed by atoms with Crippen LogP contribution < -0.4 is 5.32 Å². The van der Waals surface area contributed by atoms with E-state index in [9.17, 15) is 0 Å². The van der Waals surface area contributed by atoms with E-state index in [-0.39, 0.29) is 0 Å². The second-order valence-electron chi connectivity index (χ2n) is 2.89.